The zero-order chi connectivity index (χ0) is 37.7. The van der Waals surface area contributed by atoms with Crippen LogP contribution in [0.3, 0.4) is 0 Å². The molecule has 2 fully saturated rings. The molecule has 2 amide bonds. The van der Waals surface area contributed by atoms with Crippen molar-refractivity contribution in [1.82, 2.24) is 14.7 Å². The van der Waals surface area contributed by atoms with Gasteiger partial charge in [-0.25, -0.2) is 12.7 Å². The van der Waals surface area contributed by atoms with Crippen molar-refractivity contribution < 1.29 is 50.5 Å². The number of anilines is 1. The van der Waals surface area contributed by atoms with Crippen molar-refractivity contribution in [2.45, 2.75) is 54.7 Å². The highest BCUT2D eigenvalue weighted by atomic mass is 35.5. The van der Waals surface area contributed by atoms with Crippen molar-refractivity contribution in [3.05, 3.63) is 76.3 Å². The van der Waals surface area contributed by atoms with Gasteiger partial charge < -0.3 is 24.2 Å². The molecule has 17 heteroatoms. The molecule has 3 aliphatic rings. The molecule has 0 saturated carbocycles. The third kappa shape index (κ3) is 6.55. The number of halogens is 4. The van der Waals surface area contributed by atoms with Gasteiger partial charge in [0.2, 0.25) is 5.91 Å². The predicted octanol–water partition coefficient (Wildman–Crippen LogP) is 4.35. The number of carbonyl (C=O) groups excluding carboxylic acids is 2. The predicted molar refractivity (Wildman–Crippen MR) is 184 cm³/mol. The Balaban J connectivity index is 1.66. The zero-order valence-corrected chi connectivity index (χ0v) is 30.4. The van der Waals surface area contributed by atoms with Gasteiger partial charge in [0.1, 0.15) is 16.4 Å². The first-order chi connectivity index (χ1) is 24.5. The number of hydrogen-bond donors (Lipinski definition) is 1. The number of likely N-dealkylation sites (tertiary alicyclic amines) is 2. The molecular weight excluding hydrogens is 729 g/mol. The number of likely N-dealkylation sites (N-methyl/N-ethyl adjacent to an activating group) is 1. The van der Waals surface area contributed by atoms with E-state index in [0.29, 0.717) is 10.8 Å². The second-order valence-electron chi connectivity index (χ2n) is 13.1. The lowest BCUT2D eigenvalue weighted by Gasteiger charge is -2.42. The Bertz CT molecular complexity index is 1990. The van der Waals surface area contributed by atoms with Crippen LogP contribution in [0.5, 0.6) is 17.2 Å². The van der Waals surface area contributed by atoms with Crippen LogP contribution in [0.1, 0.15) is 36.0 Å². The van der Waals surface area contributed by atoms with Gasteiger partial charge in [0.25, 0.3) is 15.9 Å². The summed E-state index contributed by atoms with van der Waals surface area (Å²) in [6.07, 6.45) is -4.52. The number of hydrogen-bond acceptors (Lipinski definition) is 10. The van der Waals surface area contributed by atoms with E-state index in [1.165, 1.54) is 56.3 Å². The number of ether oxygens (including phenoxy) is 3. The van der Waals surface area contributed by atoms with Gasteiger partial charge in [-0.3, -0.25) is 19.4 Å². The number of aliphatic hydroxyl groups is 1. The summed E-state index contributed by atoms with van der Waals surface area (Å²) in [6, 6.07) is 10.8. The van der Waals surface area contributed by atoms with Crippen molar-refractivity contribution >= 4 is 39.1 Å². The van der Waals surface area contributed by atoms with Crippen molar-refractivity contribution in [3.8, 4) is 17.2 Å². The van der Waals surface area contributed by atoms with Crippen LogP contribution in [0.4, 0.5) is 18.9 Å². The van der Waals surface area contributed by atoms with Gasteiger partial charge in [-0.15, -0.1) is 13.2 Å². The number of rotatable bonds is 10. The van der Waals surface area contributed by atoms with E-state index in [0.717, 1.165) is 49.7 Å². The van der Waals surface area contributed by atoms with Gasteiger partial charge in [-0.1, -0.05) is 17.7 Å². The maximum Gasteiger partial charge on any atom is 0.573 e. The first kappa shape index (κ1) is 37.7. The van der Waals surface area contributed by atoms with Gasteiger partial charge in [0, 0.05) is 49.4 Å². The lowest BCUT2D eigenvalue weighted by molar-refractivity contribution is -0.275. The molecule has 0 radical (unpaired) electrons. The summed E-state index contributed by atoms with van der Waals surface area (Å²) in [5.41, 5.74) is -1.51. The fraction of sp³-hybridized carbons (Fsp3) is 0.429. The molecular formula is C35H38ClF3N4O8S. The van der Waals surface area contributed by atoms with Gasteiger partial charge in [0.05, 0.1) is 32.1 Å². The summed E-state index contributed by atoms with van der Waals surface area (Å²) >= 11 is 6.58. The van der Waals surface area contributed by atoms with Crippen LogP contribution in [-0.2, 0) is 31.7 Å². The van der Waals surface area contributed by atoms with Crippen LogP contribution < -0.4 is 18.5 Å². The molecule has 3 aromatic rings. The lowest BCUT2D eigenvalue weighted by atomic mass is 9.80. The molecule has 0 aromatic heterocycles. The Kier molecular flexibility index (Phi) is 10.2. The molecule has 52 heavy (non-hydrogen) atoms. The molecule has 6 rings (SSSR count). The van der Waals surface area contributed by atoms with E-state index in [-0.39, 0.29) is 46.3 Å². The number of β-amino-alcohol motifs (C(OH)–C–C–N with tert-alkyl or cyclic N) is 1. The van der Waals surface area contributed by atoms with Crippen LogP contribution >= 0.6 is 11.6 Å². The third-order valence-corrected chi connectivity index (χ3v) is 11.6. The number of fused-ring (bicyclic) bond motifs is 1. The van der Waals surface area contributed by atoms with Crippen molar-refractivity contribution in [3.63, 3.8) is 0 Å². The van der Waals surface area contributed by atoms with E-state index in [2.05, 4.69) is 9.64 Å². The van der Waals surface area contributed by atoms with Gasteiger partial charge in [-0.05, 0) is 80.4 Å². The van der Waals surface area contributed by atoms with E-state index in [1.54, 1.807) is 12.1 Å². The van der Waals surface area contributed by atoms with Crippen molar-refractivity contribution in [2.24, 2.45) is 0 Å². The molecule has 280 valence electrons. The Morgan fingerprint density at radius 1 is 1.00 bits per heavy atom. The minimum absolute atomic E-state index is 0.0163. The highest BCUT2D eigenvalue weighted by Gasteiger charge is 2.64. The Labute approximate surface area is 304 Å². The minimum Gasteiger partial charge on any atom is -0.497 e. The minimum atomic E-state index is -5.31. The fourth-order valence-electron chi connectivity index (χ4n) is 7.46. The van der Waals surface area contributed by atoms with Crippen molar-refractivity contribution in [2.75, 3.05) is 52.3 Å². The number of nitrogens with zero attached hydrogens (tertiary/aromatic N) is 4. The molecule has 3 aliphatic heterocycles. The molecule has 12 nitrogen and oxygen atoms in total. The summed E-state index contributed by atoms with van der Waals surface area (Å²) in [6.45, 7) is 1.91. The SMILES string of the molecule is COc1ccc(S(=O)(=O)N2C(=O)C(c3cc(CN4CCCC4)ccc3OC)(N3C[C@H](O)C[C@H]3C(=O)N(C)C)c3cc(Cl)ccc32)c(OC(F)(F)F)c1. The second-order valence-corrected chi connectivity index (χ2v) is 15.3. The van der Waals surface area contributed by atoms with Crippen LogP contribution in [0.2, 0.25) is 5.02 Å². The highest BCUT2D eigenvalue weighted by Crippen LogP contribution is 2.55. The first-order valence-electron chi connectivity index (χ1n) is 16.4. The van der Waals surface area contributed by atoms with E-state index in [4.69, 9.17) is 21.1 Å². The molecule has 3 atom stereocenters. The molecule has 1 N–H and O–H groups in total. The first-order valence-corrected chi connectivity index (χ1v) is 18.2. The average molecular weight is 767 g/mol. The van der Waals surface area contributed by atoms with Crippen LogP contribution in [0, 0.1) is 0 Å². The number of methoxy groups -OCH3 is 2. The van der Waals surface area contributed by atoms with E-state index in [9.17, 15) is 31.5 Å². The van der Waals surface area contributed by atoms with Crippen LogP contribution in [0.15, 0.2) is 59.5 Å². The Morgan fingerprint density at radius 3 is 2.35 bits per heavy atom. The number of carbonyl (C=O) groups is 2. The number of aliphatic hydroxyl groups excluding tert-OH is 1. The van der Waals surface area contributed by atoms with Gasteiger partial charge in [0.15, 0.2) is 11.3 Å². The molecule has 0 aliphatic carbocycles. The standard InChI is InChI=1S/C35H38ClF3N4O8S/c1-40(2)32(45)28-17-23(44)20-42(28)34(26-15-21(7-11-29(26)50-4)19-41-13-5-6-14-41)25-16-22(36)8-10-27(25)43(33(34)46)52(47,48)31-12-9-24(49-3)18-30(31)51-35(37,38)39/h7-12,15-16,18,23,28,44H,5-6,13-14,17,19-20H2,1-4H3/t23-,28+,34?/m1/s1. The third-order valence-electron chi connectivity index (χ3n) is 9.65. The number of benzene rings is 3. The second kappa shape index (κ2) is 14.0. The van der Waals surface area contributed by atoms with Crippen LogP contribution in [0.25, 0.3) is 0 Å². The smallest absolute Gasteiger partial charge is 0.497 e. The Morgan fingerprint density at radius 2 is 1.71 bits per heavy atom. The lowest BCUT2D eigenvalue weighted by Crippen LogP contribution is -2.59. The monoisotopic (exact) mass is 766 g/mol. The number of sulfonamides is 1. The van der Waals surface area contributed by atoms with Gasteiger partial charge in [-0.2, -0.15) is 0 Å². The topological polar surface area (TPSA) is 129 Å². The maximum absolute atomic E-state index is 15.6. The van der Waals surface area contributed by atoms with E-state index >= 15 is 4.79 Å². The summed E-state index contributed by atoms with van der Waals surface area (Å²) in [5, 5.41) is 11.2. The van der Waals surface area contributed by atoms with Gasteiger partial charge >= 0.3 is 6.36 Å². The normalized spacial score (nSPS) is 22.5. The highest BCUT2D eigenvalue weighted by molar-refractivity contribution is 7.93. The fourth-order valence-corrected chi connectivity index (χ4v) is 9.19. The van der Waals surface area contributed by atoms with Crippen LogP contribution in [-0.4, -0.2) is 106 Å². The maximum atomic E-state index is 15.6. The van der Waals surface area contributed by atoms with Crippen molar-refractivity contribution in [1.29, 1.82) is 0 Å². The zero-order valence-electron chi connectivity index (χ0n) is 28.8. The molecule has 1 unspecified atom stereocenters. The largest absolute Gasteiger partial charge is 0.573 e. The summed E-state index contributed by atoms with van der Waals surface area (Å²) in [5.74, 6) is -2.73. The Hall–Kier alpha value is -4.09. The summed E-state index contributed by atoms with van der Waals surface area (Å²) < 4.78 is 86.0. The molecule has 0 spiro atoms. The average Bonchev–Trinajstić information content (AvgIpc) is 3.80. The molecule has 3 aromatic carbocycles. The van der Waals surface area contributed by atoms with E-state index in [1.807, 2.05) is 6.07 Å². The summed E-state index contributed by atoms with van der Waals surface area (Å²) in [7, 11) is 0.341. The number of amides is 2. The molecule has 0 bridgehead atoms. The van der Waals surface area contributed by atoms with E-state index < -0.39 is 56.5 Å². The summed E-state index contributed by atoms with van der Waals surface area (Å²) in [4.78, 5) is 33.4. The quantitative estimate of drug-likeness (QED) is 0.318. The molecule has 3 heterocycles. The molecule has 2 saturated heterocycles. The number of alkyl halides is 3.